The molecule has 110 valence electrons. The van der Waals surface area contributed by atoms with Crippen molar-refractivity contribution >= 4 is 23.4 Å². The van der Waals surface area contributed by atoms with Gasteiger partial charge in [-0.3, -0.25) is 9.69 Å². The maximum Gasteiger partial charge on any atom is 0.234 e. The Morgan fingerprint density at radius 1 is 1.25 bits per heavy atom. The molecule has 2 rings (SSSR count). The lowest BCUT2D eigenvalue weighted by molar-refractivity contribution is -0.113. The van der Waals surface area contributed by atoms with E-state index in [4.69, 9.17) is 4.74 Å². The van der Waals surface area contributed by atoms with Crippen molar-refractivity contribution in [2.24, 2.45) is 0 Å². The largest absolute Gasteiger partial charge is 0.379 e. The molecule has 0 aromatic heterocycles. The number of thioether (sulfide) groups is 1. The first-order valence-corrected chi connectivity index (χ1v) is 8.23. The molecule has 1 aliphatic heterocycles. The summed E-state index contributed by atoms with van der Waals surface area (Å²) in [6.07, 6.45) is 1.13. The van der Waals surface area contributed by atoms with Crippen LogP contribution >= 0.6 is 11.8 Å². The van der Waals surface area contributed by atoms with Gasteiger partial charge in [0, 0.05) is 18.8 Å². The van der Waals surface area contributed by atoms with Crippen molar-refractivity contribution in [2.45, 2.75) is 6.42 Å². The number of para-hydroxylation sites is 1. The zero-order valence-electron chi connectivity index (χ0n) is 11.7. The molecule has 0 radical (unpaired) electrons. The number of carbonyl (C=O) groups is 1. The van der Waals surface area contributed by atoms with Crippen LogP contribution in [-0.4, -0.2) is 55.2 Å². The molecule has 1 aromatic rings. The van der Waals surface area contributed by atoms with Crippen LogP contribution in [0.5, 0.6) is 0 Å². The molecule has 1 amide bonds. The van der Waals surface area contributed by atoms with Crippen LogP contribution in [0.15, 0.2) is 30.3 Å². The zero-order valence-corrected chi connectivity index (χ0v) is 12.5. The SMILES string of the molecule is O=C(CSCCCN1CCOCC1)Nc1ccccc1. The minimum Gasteiger partial charge on any atom is -0.379 e. The third-order valence-corrected chi connectivity index (χ3v) is 4.20. The summed E-state index contributed by atoms with van der Waals surface area (Å²) in [6, 6.07) is 9.59. The van der Waals surface area contributed by atoms with Crippen molar-refractivity contribution in [2.75, 3.05) is 49.7 Å². The average Bonchev–Trinajstić information content (AvgIpc) is 2.49. The molecule has 0 unspecified atom stereocenters. The van der Waals surface area contributed by atoms with Crippen molar-refractivity contribution in [3.8, 4) is 0 Å². The lowest BCUT2D eigenvalue weighted by Gasteiger charge is -2.26. The van der Waals surface area contributed by atoms with E-state index in [1.807, 2.05) is 30.3 Å². The fraction of sp³-hybridized carbons (Fsp3) is 0.533. The summed E-state index contributed by atoms with van der Waals surface area (Å²) in [5.74, 6) is 1.63. The number of hydrogen-bond acceptors (Lipinski definition) is 4. The summed E-state index contributed by atoms with van der Waals surface area (Å²) in [7, 11) is 0. The lowest BCUT2D eigenvalue weighted by Crippen LogP contribution is -2.37. The van der Waals surface area contributed by atoms with E-state index in [0.29, 0.717) is 5.75 Å². The van der Waals surface area contributed by atoms with Gasteiger partial charge in [0.1, 0.15) is 0 Å². The average molecular weight is 294 g/mol. The smallest absolute Gasteiger partial charge is 0.234 e. The second kappa shape index (κ2) is 9.00. The summed E-state index contributed by atoms with van der Waals surface area (Å²) >= 11 is 1.70. The van der Waals surface area contributed by atoms with E-state index >= 15 is 0 Å². The number of nitrogens with one attached hydrogen (secondary N) is 1. The Morgan fingerprint density at radius 2 is 2.00 bits per heavy atom. The molecule has 1 fully saturated rings. The van der Waals surface area contributed by atoms with Gasteiger partial charge in [-0.05, 0) is 30.9 Å². The minimum atomic E-state index is 0.0765. The number of amides is 1. The molecular weight excluding hydrogens is 272 g/mol. The third-order valence-electron chi connectivity index (χ3n) is 3.16. The Hall–Kier alpha value is -1.04. The van der Waals surface area contributed by atoms with E-state index in [-0.39, 0.29) is 5.91 Å². The molecule has 20 heavy (non-hydrogen) atoms. The zero-order chi connectivity index (χ0) is 14.0. The second-order valence-electron chi connectivity index (χ2n) is 4.77. The predicted molar refractivity (Wildman–Crippen MR) is 84.3 cm³/mol. The minimum absolute atomic E-state index is 0.0765. The lowest BCUT2D eigenvalue weighted by atomic mass is 10.3. The highest BCUT2D eigenvalue weighted by molar-refractivity contribution is 7.99. The molecule has 0 spiro atoms. The first-order chi connectivity index (χ1) is 9.84. The monoisotopic (exact) mass is 294 g/mol. The van der Waals surface area contributed by atoms with Crippen LogP contribution in [0.25, 0.3) is 0 Å². The van der Waals surface area contributed by atoms with Crippen LogP contribution in [0.4, 0.5) is 5.69 Å². The van der Waals surface area contributed by atoms with E-state index in [1.165, 1.54) is 0 Å². The topological polar surface area (TPSA) is 41.6 Å². The number of nitrogens with zero attached hydrogens (tertiary/aromatic N) is 1. The Morgan fingerprint density at radius 3 is 2.75 bits per heavy atom. The molecule has 1 heterocycles. The third kappa shape index (κ3) is 5.94. The van der Waals surface area contributed by atoms with E-state index in [9.17, 15) is 4.79 Å². The molecule has 5 heteroatoms. The van der Waals surface area contributed by atoms with Gasteiger partial charge < -0.3 is 10.1 Å². The summed E-state index contributed by atoms with van der Waals surface area (Å²) < 4.78 is 5.32. The molecule has 1 aromatic carbocycles. The van der Waals surface area contributed by atoms with Gasteiger partial charge in [-0.2, -0.15) is 11.8 Å². The quantitative estimate of drug-likeness (QED) is 0.782. The molecule has 4 nitrogen and oxygen atoms in total. The number of morpholine rings is 1. The number of hydrogen-bond donors (Lipinski definition) is 1. The van der Waals surface area contributed by atoms with Crippen LogP contribution in [0.1, 0.15) is 6.42 Å². The standard InChI is InChI=1S/C15H22N2O2S/c18-15(16-14-5-2-1-3-6-14)13-20-12-4-7-17-8-10-19-11-9-17/h1-3,5-6H,4,7-13H2,(H,16,18). The van der Waals surface area contributed by atoms with Crippen molar-refractivity contribution < 1.29 is 9.53 Å². The van der Waals surface area contributed by atoms with Gasteiger partial charge >= 0.3 is 0 Å². The van der Waals surface area contributed by atoms with Crippen LogP contribution in [0, 0.1) is 0 Å². The van der Waals surface area contributed by atoms with E-state index < -0.39 is 0 Å². The van der Waals surface area contributed by atoms with Crippen molar-refractivity contribution in [1.29, 1.82) is 0 Å². The summed E-state index contributed by atoms with van der Waals surface area (Å²) in [5.41, 5.74) is 0.867. The first kappa shape index (κ1) is 15.4. The molecular formula is C15H22N2O2S. The van der Waals surface area contributed by atoms with Gasteiger partial charge in [-0.25, -0.2) is 0 Å². The molecule has 1 aliphatic rings. The molecule has 0 aliphatic carbocycles. The first-order valence-electron chi connectivity index (χ1n) is 7.07. The number of rotatable bonds is 7. The van der Waals surface area contributed by atoms with Crippen LogP contribution in [0.2, 0.25) is 0 Å². The van der Waals surface area contributed by atoms with Crippen molar-refractivity contribution in [1.82, 2.24) is 4.90 Å². The van der Waals surface area contributed by atoms with Gasteiger partial charge in [-0.15, -0.1) is 0 Å². The van der Waals surface area contributed by atoms with Gasteiger partial charge in [0.05, 0.1) is 19.0 Å². The summed E-state index contributed by atoms with van der Waals surface area (Å²) in [5, 5.41) is 2.90. The number of carbonyl (C=O) groups excluding carboxylic acids is 1. The highest BCUT2D eigenvalue weighted by atomic mass is 32.2. The van der Waals surface area contributed by atoms with Gasteiger partial charge in [0.2, 0.25) is 5.91 Å². The Bertz CT molecular complexity index is 394. The predicted octanol–water partition coefficient (Wildman–Crippen LogP) is 2.08. The van der Waals surface area contributed by atoms with E-state index in [0.717, 1.165) is 50.7 Å². The highest BCUT2D eigenvalue weighted by Crippen LogP contribution is 2.08. The van der Waals surface area contributed by atoms with Crippen molar-refractivity contribution in [3.05, 3.63) is 30.3 Å². The summed E-state index contributed by atoms with van der Waals surface area (Å²) in [6.45, 7) is 4.90. The number of benzene rings is 1. The molecule has 0 atom stereocenters. The van der Waals surface area contributed by atoms with Crippen LogP contribution < -0.4 is 5.32 Å². The Kier molecular flexibility index (Phi) is 6.91. The van der Waals surface area contributed by atoms with Crippen LogP contribution in [0.3, 0.4) is 0 Å². The fourth-order valence-corrected chi connectivity index (χ4v) is 2.83. The van der Waals surface area contributed by atoms with E-state index in [1.54, 1.807) is 11.8 Å². The molecule has 0 saturated carbocycles. The Labute approximate surface area is 124 Å². The van der Waals surface area contributed by atoms with E-state index in [2.05, 4.69) is 10.2 Å². The highest BCUT2D eigenvalue weighted by Gasteiger charge is 2.09. The van der Waals surface area contributed by atoms with Gasteiger partial charge in [0.15, 0.2) is 0 Å². The number of ether oxygens (including phenoxy) is 1. The van der Waals surface area contributed by atoms with Crippen molar-refractivity contribution in [3.63, 3.8) is 0 Å². The number of anilines is 1. The van der Waals surface area contributed by atoms with Gasteiger partial charge in [-0.1, -0.05) is 18.2 Å². The van der Waals surface area contributed by atoms with Gasteiger partial charge in [0.25, 0.3) is 0 Å². The second-order valence-corrected chi connectivity index (χ2v) is 5.88. The Balaban J connectivity index is 1.51. The summed E-state index contributed by atoms with van der Waals surface area (Å²) in [4.78, 5) is 14.1. The fourth-order valence-electron chi connectivity index (χ4n) is 2.10. The maximum absolute atomic E-state index is 11.7. The maximum atomic E-state index is 11.7. The normalized spacial score (nSPS) is 16.0. The molecule has 1 N–H and O–H groups in total. The molecule has 1 saturated heterocycles. The molecule has 0 bridgehead atoms. The van der Waals surface area contributed by atoms with Crippen LogP contribution in [-0.2, 0) is 9.53 Å².